The van der Waals surface area contributed by atoms with Crippen molar-refractivity contribution in [3.05, 3.63) is 22.3 Å². The summed E-state index contributed by atoms with van der Waals surface area (Å²) in [6.45, 7) is 0.246. The quantitative estimate of drug-likeness (QED) is 0.780. The molecule has 5 nitrogen and oxygen atoms in total. The number of amides is 1. The summed E-state index contributed by atoms with van der Waals surface area (Å²) in [5.41, 5.74) is 0. The van der Waals surface area contributed by atoms with E-state index in [4.69, 9.17) is 23.2 Å². The van der Waals surface area contributed by atoms with Crippen LogP contribution in [-0.4, -0.2) is 30.5 Å². The highest BCUT2D eigenvalue weighted by Crippen LogP contribution is 2.29. The van der Waals surface area contributed by atoms with E-state index in [2.05, 4.69) is 9.72 Å². The second-order valence-corrected chi connectivity index (χ2v) is 4.70. The Hall–Kier alpha value is -1.33. The minimum absolute atomic E-state index is 0.120. The highest BCUT2D eigenvalue weighted by Gasteiger charge is 2.36. The Balaban J connectivity index is 2.21. The smallest absolute Gasteiger partial charge is 0.311 e. The molecule has 0 bridgehead atoms. The van der Waals surface area contributed by atoms with Gasteiger partial charge < -0.3 is 4.74 Å². The van der Waals surface area contributed by atoms with E-state index in [-0.39, 0.29) is 18.9 Å². The van der Waals surface area contributed by atoms with Crippen LogP contribution in [0, 0.1) is 5.92 Å². The Kier molecular flexibility index (Phi) is 3.73. The lowest BCUT2D eigenvalue weighted by molar-refractivity contribution is -0.145. The van der Waals surface area contributed by atoms with Crippen LogP contribution < -0.4 is 4.90 Å². The van der Waals surface area contributed by atoms with Gasteiger partial charge in [-0.15, -0.1) is 0 Å². The number of anilines is 1. The van der Waals surface area contributed by atoms with Gasteiger partial charge in [0.2, 0.25) is 5.91 Å². The number of hydrogen-bond donors (Lipinski definition) is 0. The molecule has 0 saturated carbocycles. The monoisotopic (exact) mass is 288 g/mol. The van der Waals surface area contributed by atoms with E-state index in [1.807, 2.05) is 0 Å². The van der Waals surface area contributed by atoms with Crippen LogP contribution in [0.25, 0.3) is 0 Å². The van der Waals surface area contributed by atoms with Crippen molar-refractivity contribution >= 4 is 40.9 Å². The predicted molar refractivity (Wildman–Crippen MR) is 66.7 cm³/mol. The largest absolute Gasteiger partial charge is 0.469 e. The number of carbonyl (C=O) groups is 2. The lowest BCUT2D eigenvalue weighted by atomic mass is 10.1. The number of ether oxygens (including phenoxy) is 1. The minimum atomic E-state index is -0.459. The third kappa shape index (κ3) is 2.42. The van der Waals surface area contributed by atoms with Crippen LogP contribution in [-0.2, 0) is 14.3 Å². The number of esters is 1. The first kappa shape index (κ1) is 13.1. The number of rotatable bonds is 2. The van der Waals surface area contributed by atoms with Gasteiger partial charge in [0.1, 0.15) is 5.82 Å². The van der Waals surface area contributed by atoms with Gasteiger partial charge in [-0.3, -0.25) is 14.5 Å². The molecule has 18 heavy (non-hydrogen) atoms. The summed E-state index contributed by atoms with van der Waals surface area (Å²) in [6.07, 6.45) is 1.49. The van der Waals surface area contributed by atoms with Crippen molar-refractivity contribution in [2.75, 3.05) is 18.6 Å². The van der Waals surface area contributed by atoms with Gasteiger partial charge in [0, 0.05) is 25.2 Å². The Morgan fingerprint density at radius 2 is 2.22 bits per heavy atom. The van der Waals surface area contributed by atoms with Gasteiger partial charge in [0.15, 0.2) is 0 Å². The van der Waals surface area contributed by atoms with E-state index in [1.165, 1.54) is 24.3 Å². The minimum Gasteiger partial charge on any atom is -0.469 e. The molecule has 1 fully saturated rings. The lowest BCUT2D eigenvalue weighted by Crippen LogP contribution is -2.26. The van der Waals surface area contributed by atoms with Crippen LogP contribution in [0.4, 0.5) is 5.82 Å². The fraction of sp³-hybridized carbons (Fsp3) is 0.364. The molecule has 0 radical (unpaired) electrons. The third-order valence-electron chi connectivity index (χ3n) is 2.73. The molecule has 7 heteroatoms. The molecule has 1 unspecified atom stereocenters. The molecule has 2 rings (SSSR count). The summed E-state index contributed by atoms with van der Waals surface area (Å²) in [5.74, 6) is -0.651. The molecule has 1 aliphatic rings. The second kappa shape index (κ2) is 5.12. The molecule has 0 spiro atoms. The van der Waals surface area contributed by atoms with Crippen molar-refractivity contribution in [1.29, 1.82) is 0 Å². The molecule has 1 amide bonds. The van der Waals surface area contributed by atoms with E-state index in [9.17, 15) is 9.59 Å². The maximum Gasteiger partial charge on any atom is 0.311 e. The zero-order valence-electron chi connectivity index (χ0n) is 9.52. The van der Waals surface area contributed by atoms with Gasteiger partial charge >= 0.3 is 5.97 Å². The van der Waals surface area contributed by atoms with Crippen LogP contribution in [0.3, 0.4) is 0 Å². The summed E-state index contributed by atoms with van der Waals surface area (Å²) < 4.78 is 4.62. The summed E-state index contributed by atoms with van der Waals surface area (Å²) in [7, 11) is 1.30. The van der Waals surface area contributed by atoms with Crippen LogP contribution in [0.2, 0.25) is 10.0 Å². The summed E-state index contributed by atoms with van der Waals surface area (Å²) in [5, 5.41) is 0.632. The van der Waals surface area contributed by atoms with E-state index in [1.54, 1.807) is 0 Å². The number of methoxy groups -OCH3 is 1. The first-order chi connectivity index (χ1) is 8.52. The number of hydrogen-bond acceptors (Lipinski definition) is 4. The Bertz CT molecular complexity index is 507. The maximum absolute atomic E-state index is 11.8. The topological polar surface area (TPSA) is 59.5 Å². The molecule has 1 aromatic heterocycles. The van der Waals surface area contributed by atoms with Crippen molar-refractivity contribution in [1.82, 2.24) is 4.98 Å². The number of nitrogens with zero attached hydrogens (tertiary/aromatic N) is 2. The molecule has 0 aliphatic carbocycles. The van der Waals surface area contributed by atoms with E-state index < -0.39 is 11.9 Å². The average molecular weight is 289 g/mol. The SMILES string of the molecule is COC(=O)C1CC(=O)N(c2cc(Cl)c(Cl)cn2)C1. The first-order valence-electron chi connectivity index (χ1n) is 5.22. The molecule has 2 heterocycles. The maximum atomic E-state index is 11.8. The van der Waals surface area contributed by atoms with Crippen LogP contribution >= 0.6 is 23.2 Å². The van der Waals surface area contributed by atoms with Crippen LogP contribution in [0.1, 0.15) is 6.42 Å². The summed E-state index contributed by atoms with van der Waals surface area (Å²) >= 11 is 11.6. The lowest BCUT2D eigenvalue weighted by Gasteiger charge is -2.15. The van der Waals surface area contributed by atoms with Crippen molar-refractivity contribution in [3.8, 4) is 0 Å². The number of halogens is 2. The van der Waals surface area contributed by atoms with E-state index >= 15 is 0 Å². The van der Waals surface area contributed by atoms with Crippen molar-refractivity contribution < 1.29 is 14.3 Å². The Morgan fingerprint density at radius 1 is 1.50 bits per heavy atom. The second-order valence-electron chi connectivity index (χ2n) is 3.89. The molecular formula is C11H10Cl2N2O3. The summed E-state index contributed by atoms with van der Waals surface area (Å²) in [4.78, 5) is 28.6. The standard InChI is InChI=1S/C11H10Cl2N2O3/c1-18-11(17)6-2-10(16)15(5-6)9-3-7(12)8(13)4-14-9/h3-4,6H,2,5H2,1H3. The molecular weight excluding hydrogens is 279 g/mol. The molecule has 0 N–H and O–H groups in total. The van der Waals surface area contributed by atoms with Crippen LogP contribution in [0.5, 0.6) is 0 Å². The number of carbonyl (C=O) groups excluding carboxylic acids is 2. The normalized spacial score (nSPS) is 19.2. The Labute approximate surface area is 114 Å². The van der Waals surface area contributed by atoms with Gasteiger partial charge in [-0.1, -0.05) is 23.2 Å². The van der Waals surface area contributed by atoms with Gasteiger partial charge in [-0.2, -0.15) is 0 Å². The zero-order valence-corrected chi connectivity index (χ0v) is 11.0. The van der Waals surface area contributed by atoms with Gasteiger partial charge in [-0.05, 0) is 0 Å². The fourth-order valence-corrected chi connectivity index (χ4v) is 2.05. The van der Waals surface area contributed by atoms with Gasteiger partial charge in [-0.25, -0.2) is 4.98 Å². The number of aromatic nitrogens is 1. The molecule has 1 aliphatic heterocycles. The zero-order chi connectivity index (χ0) is 13.3. The first-order valence-corrected chi connectivity index (χ1v) is 5.97. The van der Waals surface area contributed by atoms with Crippen LogP contribution in [0.15, 0.2) is 12.3 Å². The van der Waals surface area contributed by atoms with Crippen molar-refractivity contribution in [2.24, 2.45) is 5.92 Å². The highest BCUT2D eigenvalue weighted by molar-refractivity contribution is 6.42. The molecule has 1 saturated heterocycles. The Morgan fingerprint density at radius 3 is 2.83 bits per heavy atom. The number of pyridine rings is 1. The summed E-state index contributed by atoms with van der Waals surface area (Å²) in [6, 6.07) is 1.50. The van der Waals surface area contributed by atoms with Gasteiger partial charge in [0.05, 0.1) is 23.1 Å². The molecule has 96 valence electrons. The van der Waals surface area contributed by atoms with Crippen molar-refractivity contribution in [2.45, 2.75) is 6.42 Å². The molecule has 0 aromatic carbocycles. The highest BCUT2D eigenvalue weighted by atomic mass is 35.5. The van der Waals surface area contributed by atoms with Crippen molar-refractivity contribution in [3.63, 3.8) is 0 Å². The van der Waals surface area contributed by atoms with E-state index in [0.717, 1.165) is 0 Å². The third-order valence-corrected chi connectivity index (χ3v) is 3.44. The average Bonchev–Trinajstić information content (AvgIpc) is 2.74. The van der Waals surface area contributed by atoms with E-state index in [0.29, 0.717) is 15.9 Å². The molecule has 1 atom stereocenters. The predicted octanol–water partition coefficient (Wildman–Crippen LogP) is 1.91. The van der Waals surface area contributed by atoms with Gasteiger partial charge in [0.25, 0.3) is 0 Å². The molecule has 1 aromatic rings. The fourth-order valence-electron chi connectivity index (χ4n) is 1.81.